The van der Waals surface area contributed by atoms with Crippen molar-refractivity contribution in [3.8, 4) is 0 Å². The Morgan fingerprint density at radius 1 is 1.06 bits per heavy atom. The molecule has 6 heteroatoms. The van der Waals surface area contributed by atoms with Gasteiger partial charge < -0.3 is 18.2 Å². The normalized spacial score (nSPS) is 13.4. The monoisotopic (exact) mass is 276 g/mol. The maximum Gasteiger partial charge on any atom is 0.522 e. The molecule has 0 aromatic heterocycles. The van der Waals surface area contributed by atoms with Crippen LogP contribution in [0.25, 0.3) is 0 Å². The van der Waals surface area contributed by atoms with Gasteiger partial charge in [-0.2, -0.15) is 0 Å². The molecule has 0 heterocycles. The quantitative estimate of drug-likeness (QED) is 0.345. The van der Waals surface area contributed by atoms with Crippen LogP contribution in [0, 0.1) is 0 Å². The van der Waals surface area contributed by atoms with E-state index in [9.17, 15) is 0 Å². The lowest BCUT2D eigenvalue weighted by Crippen LogP contribution is -2.46. The molecule has 0 N–H and O–H groups in total. The van der Waals surface area contributed by atoms with Crippen LogP contribution in [0.4, 0.5) is 0 Å². The highest BCUT2D eigenvalue weighted by Crippen LogP contribution is 2.07. The summed E-state index contributed by atoms with van der Waals surface area (Å²) < 4.78 is 16.0. The molecular weight excluding hydrogens is 248 g/mol. The van der Waals surface area contributed by atoms with Gasteiger partial charge in [-0.15, -0.1) is 0 Å². The first-order valence-electron chi connectivity index (χ1n) is 6.29. The molecule has 0 aliphatic rings. The molecule has 0 aliphatic heterocycles. The summed E-state index contributed by atoms with van der Waals surface area (Å²) >= 11 is 0. The van der Waals surface area contributed by atoms with Crippen LogP contribution < -0.4 is 0 Å². The summed E-state index contributed by atoms with van der Waals surface area (Å²) in [7, 11) is 6.48. The molecular formula is C12H28N2O3Si. The van der Waals surface area contributed by atoms with E-state index in [2.05, 4.69) is 30.9 Å². The van der Waals surface area contributed by atoms with Gasteiger partial charge in [-0.25, -0.2) is 0 Å². The lowest BCUT2D eigenvalue weighted by atomic mass is 10.2. The van der Waals surface area contributed by atoms with Gasteiger partial charge in [0.05, 0.1) is 0 Å². The number of hydrogen-bond donors (Lipinski definition) is 0. The average molecular weight is 276 g/mol. The predicted octanol–water partition coefficient (Wildman–Crippen LogP) is 1.60. The fourth-order valence-electron chi connectivity index (χ4n) is 1.56. The van der Waals surface area contributed by atoms with Gasteiger partial charge in [0, 0.05) is 27.0 Å². The Hall–Kier alpha value is -0.273. The van der Waals surface area contributed by atoms with Crippen molar-refractivity contribution >= 4 is 14.5 Å². The molecule has 0 aliphatic carbocycles. The minimum atomic E-state index is -2.54. The Morgan fingerprint density at radius 3 is 2.06 bits per heavy atom. The lowest BCUT2D eigenvalue weighted by molar-refractivity contribution is 0.125. The van der Waals surface area contributed by atoms with E-state index in [0.29, 0.717) is 6.17 Å². The zero-order valence-corrected chi connectivity index (χ0v) is 13.7. The van der Waals surface area contributed by atoms with Crippen LogP contribution in [-0.4, -0.2) is 67.6 Å². The zero-order chi connectivity index (χ0) is 14.0. The standard InChI is InChI=1S/C12H28N2O3Si/c1-12(9-7-8-10-14(2)3)13-11-18(15-4,16-5)17-6/h7-11H2,1-6H3. The Kier molecular flexibility index (Phi) is 9.48. The summed E-state index contributed by atoms with van der Waals surface area (Å²) in [6, 6.07) is 0. The van der Waals surface area contributed by atoms with E-state index in [1.54, 1.807) is 21.3 Å². The van der Waals surface area contributed by atoms with Crippen LogP contribution in [0.3, 0.4) is 0 Å². The maximum atomic E-state index is 5.32. The number of aliphatic imine (C=N–C) groups is 1. The van der Waals surface area contributed by atoms with Crippen molar-refractivity contribution < 1.29 is 13.3 Å². The first-order chi connectivity index (χ1) is 8.49. The summed E-state index contributed by atoms with van der Waals surface area (Å²) in [6.45, 7) is 3.18. The highest BCUT2D eigenvalue weighted by atomic mass is 28.4. The predicted molar refractivity (Wildman–Crippen MR) is 77.2 cm³/mol. The molecule has 0 radical (unpaired) electrons. The Morgan fingerprint density at radius 2 is 1.61 bits per heavy atom. The van der Waals surface area contributed by atoms with Crippen molar-refractivity contribution in [3.63, 3.8) is 0 Å². The third-order valence-corrected chi connectivity index (χ3v) is 5.28. The highest BCUT2D eigenvalue weighted by molar-refractivity contribution is 6.61. The van der Waals surface area contributed by atoms with Gasteiger partial charge in [-0.3, -0.25) is 4.99 Å². The second-order valence-corrected chi connectivity index (χ2v) is 7.51. The second-order valence-electron chi connectivity index (χ2n) is 4.61. The van der Waals surface area contributed by atoms with Crippen molar-refractivity contribution in [1.29, 1.82) is 0 Å². The van der Waals surface area contributed by atoms with E-state index >= 15 is 0 Å². The molecule has 0 spiro atoms. The topological polar surface area (TPSA) is 43.3 Å². The highest BCUT2D eigenvalue weighted by Gasteiger charge is 2.37. The van der Waals surface area contributed by atoms with Crippen molar-refractivity contribution in [2.75, 3.05) is 48.1 Å². The van der Waals surface area contributed by atoms with Crippen LogP contribution in [0.15, 0.2) is 4.99 Å². The smallest absolute Gasteiger partial charge is 0.376 e. The summed E-state index contributed by atoms with van der Waals surface area (Å²) in [4.78, 5) is 6.72. The fourth-order valence-corrected chi connectivity index (χ4v) is 2.91. The third-order valence-electron chi connectivity index (χ3n) is 2.87. The average Bonchev–Trinajstić information content (AvgIpc) is 2.37. The molecule has 0 amide bonds. The number of rotatable bonds is 10. The van der Waals surface area contributed by atoms with Gasteiger partial charge in [0.2, 0.25) is 0 Å². The van der Waals surface area contributed by atoms with Crippen LogP contribution in [0.1, 0.15) is 26.2 Å². The minimum Gasteiger partial charge on any atom is -0.376 e. The SMILES string of the molecule is CO[Si](CN=C(C)CCCCN(C)C)(OC)OC. The Bertz CT molecular complexity index is 235. The molecule has 0 saturated carbocycles. The van der Waals surface area contributed by atoms with Crippen molar-refractivity contribution in [2.24, 2.45) is 4.99 Å². The lowest BCUT2D eigenvalue weighted by Gasteiger charge is -2.22. The van der Waals surface area contributed by atoms with E-state index < -0.39 is 8.80 Å². The number of nitrogens with zero attached hydrogens (tertiary/aromatic N) is 2. The van der Waals surface area contributed by atoms with Gasteiger partial charge in [0.1, 0.15) is 6.17 Å². The largest absolute Gasteiger partial charge is 0.522 e. The molecule has 0 rings (SSSR count). The van der Waals surface area contributed by atoms with E-state index in [4.69, 9.17) is 13.3 Å². The molecule has 0 atom stereocenters. The molecule has 0 saturated heterocycles. The molecule has 18 heavy (non-hydrogen) atoms. The molecule has 0 unspecified atom stereocenters. The molecule has 5 nitrogen and oxygen atoms in total. The summed E-state index contributed by atoms with van der Waals surface area (Å²) in [6.07, 6.45) is 3.88. The van der Waals surface area contributed by atoms with Crippen LogP contribution >= 0.6 is 0 Å². The van der Waals surface area contributed by atoms with Crippen molar-refractivity contribution in [2.45, 2.75) is 26.2 Å². The molecule has 0 bridgehead atoms. The summed E-state index contributed by atoms with van der Waals surface area (Å²) in [5.74, 6) is 0. The molecule has 0 fully saturated rings. The first-order valence-corrected chi connectivity index (χ1v) is 8.23. The maximum absolute atomic E-state index is 5.32. The van der Waals surface area contributed by atoms with Gasteiger partial charge in [0.25, 0.3) is 0 Å². The summed E-state index contributed by atoms with van der Waals surface area (Å²) in [5, 5.41) is 0. The Balaban J connectivity index is 4.02. The van der Waals surface area contributed by atoms with E-state index in [-0.39, 0.29) is 0 Å². The fraction of sp³-hybridized carbons (Fsp3) is 0.917. The van der Waals surface area contributed by atoms with E-state index in [1.807, 2.05) is 0 Å². The number of unbranched alkanes of at least 4 members (excludes halogenated alkanes) is 1. The third kappa shape index (κ3) is 7.23. The van der Waals surface area contributed by atoms with E-state index in [1.165, 1.54) is 6.42 Å². The van der Waals surface area contributed by atoms with Gasteiger partial charge in [0.15, 0.2) is 0 Å². The second kappa shape index (κ2) is 9.63. The number of hydrogen-bond acceptors (Lipinski definition) is 5. The van der Waals surface area contributed by atoms with Crippen molar-refractivity contribution in [1.82, 2.24) is 4.90 Å². The summed E-state index contributed by atoms with van der Waals surface area (Å²) in [5.41, 5.74) is 1.14. The van der Waals surface area contributed by atoms with E-state index in [0.717, 1.165) is 25.1 Å². The van der Waals surface area contributed by atoms with Crippen LogP contribution in [0.5, 0.6) is 0 Å². The zero-order valence-electron chi connectivity index (χ0n) is 12.7. The van der Waals surface area contributed by atoms with Crippen molar-refractivity contribution in [3.05, 3.63) is 0 Å². The molecule has 108 valence electrons. The first kappa shape index (κ1) is 17.7. The minimum absolute atomic E-state index is 0.496. The van der Waals surface area contributed by atoms with Gasteiger partial charge in [-0.1, -0.05) is 0 Å². The molecule has 0 aromatic carbocycles. The van der Waals surface area contributed by atoms with Gasteiger partial charge >= 0.3 is 8.80 Å². The van der Waals surface area contributed by atoms with Gasteiger partial charge in [-0.05, 0) is 46.8 Å². The van der Waals surface area contributed by atoms with Crippen LogP contribution in [-0.2, 0) is 13.3 Å². The Labute approximate surface area is 113 Å². The molecule has 0 aromatic rings. The van der Waals surface area contributed by atoms with Crippen LogP contribution in [0.2, 0.25) is 0 Å².